The van der Waals surface area contributed by atoms with Gasteiger partial charge in [0.15, 0.2) is 0 Å². The standard InChI is InChI=1S/C25H25F3N2O4/c1-4-14-32-17(3)23-13-12-22(16(2)29-23)24(31)30-18-6-5-7-21(15-18)33-19-8-10-20(11-9-19)34-25(26,27)28/h5-13,15,17H,4,14H2,1-3H3,(H,30,31). The Bertz CT molecular complexity index is 1120. The SMILES string of the molecule is CCCOC(C)c1ccc(C(=O)Nc2cccc(Oc3ccc(OC(F)(F)F)cc3)c2)c(C)n1. The van der Waals surface area contributed by atoms with E-state index in [1.807, 2.05) is 13.8 Å². The third-order valence-electron chi connectivity index (χ3n) is 4.73. The van der Waals surface area contributed by atoms with Crippen molar-refractivity contribution in [2.75, 3.05) is 11.9 Å². The summed E-state index contributed by atoms with van der Waals surface area (Å²) >= 11 is 0. The lowest BCUT2D eigenvalue weighted by atomic mass is 10.1. The van der Waals surface area contributed by atoms with Crippen molar-refractivity contribution in [3.8, 4) is 17.2 Å². The van der Waals surface area contributed by atoms with E-state index in [0.29, 0.717) is 35.1 Å². The molecule has 0 fully saturated rings. The predicted molar refractivity (Wildman–Crippen MR) is 121 cm³/mol. The number of hydrogen-bond donors (Lipinski definition) is 1. The third-order valence-corrected chi connectivity index (χ3v) is 4.73. The van der Waals surface area contributed by atoms with Crippen LogP contribution in [0, 0.1) is 6.92 Å². The van der Waals surface area contributed by atoms with Crippen LogP contribution in [0.4, 0.5) is 18.9 Å². The Labute approximate surface area is 195 Å². The summed E-state index contributed by atoms with van der Waals surface area (Å²) in [5.74, 6) is 0.0362. The summed E-state index contributed by atoms with van der Waals surface area (Å²) < 4.78 is 52.1. The minimum absolute atomic E-state index is 0.168. The van der Waals surface area contributed by atoms with E-state index in [4.69, 9.17) is 9.47 Å². The predicted octanol–water partition coefficient (Wildman–Crippen LogP) is 6.82. The summed E-state index contributed by atoms with van der Waals surface area (Å²) in [5, 5.41) is 2.81. The molecule has 1 aromatic heterocycles. The van der Waals surface area contributed by atoms with Crippen molar-refractivity contribution in [1.29, 1.82) is 0 Å². The second-order valence-electron chi connectivity index (χ2n) is 7.49. The Morgan fingerprint density at radius 1 is 1.03 bits per heavy atom. The van der Waals surface area contributed by atoms with Crippen molar-refractivity contribution in [3.05, 3.63) is 77.6 Å². The number of anilines is 1. The van der Waals surface area contributed by atoms with E-state index in [-0.39, 0.29) is 17.8 Å². The molecule has 9 heteroatoms. The summed E-state index contributed by atoms with van der Waals surface area (Å²) in [5.41, 5.74) is 2.25. The molecule has 0 saturated carbocycles. The molecule has 1 heterocycles. The smallest absolute Gasteiger partial charge is 0.457 e. The number of amides is 1. The number of hydrogen-bond acceptors (Lipinski definition) is 5. The van der Waals surface area contributed by atoms with Crippen LogP contribution in [0.1, 0.15) is 48.1 Å². The molecular formula is C25H25F3N2O4. The maximum Gasteiger partial charge on any atom is 0.573 e. The number of aromatic nitrogens is 1. The number of carbonyl (C=O) groups excluding carboxylic acids is 1. The second-order valence-corrected chi connectivity index (χ2v) is 7.49. The molecule has 34 heavy (non-hydrogen) atoms. The number of nitrogens with one attached hydrogen (secondary N) is 1. The van der Waals surface area contributed by atoms with Gasteiger partial charge in [-0.3, -0.25) is 9.78 Å². The number of rotatable bonds is 9. The molecule has 0 aliphatic carbocycles. The number of alkyl halides is 3. The van der Waals surface area contributed by atoms with Crippen LogP contribution in [-0.2, 0) is 4.74 Å². The summed E-state index contributed by atoms with van der Waals surface area (Å²) in [4.78, 5) is 17.3. The van der Waals surface area contributed by atoms with Crippen molar-refractivity contribution >= 4 is 11.6 Å². The first-order valence-corrected chi connectivity index (χ1v) is 10.7. The fourth-order valence-corrected chi connectivity index (χ4v) is 3.11. The van der Waals surface area contributed by atoms with Crippen LogP contribution >= 0.6 is 0 Å². The summed E-state index contributed by atoms with van der Waals surface area (Å²) in [6, 6.07) is 15.2. The quantitative estimate of drug-likeness (QED) is 0.368. The molecule has 3 rings (SSSR count). The van der Waals surface area contributed by atoms with Crippen molar-refractivity contribution < 1.29 is 32.2 Å². The highest BCUT2D eigenvalue weighted by Crippen LogP contribution is 2.28. The fourth-order valence-electron chi connectivity index (χ4n) is 3.11. The van der Waals surface area contributed by atoms with Crippen LogP contribution in [0.25, 0.3) is 0 Å². The van der Waals surface area contributed by atoms with Gasteiger partial charge >= 0.3 is 6.36 Å². The molecule has 1 N–H and O–H groups in total. The van der Waals surface area contributed by atoms with E-state index in [1.165, 1.54) is 12.1 Å². The molecule has 1 amide bonds. The van der Waals surface area contributed by atoms with Gasteiger partial charge in [0.2, 0.25) is 0 Å². The highest BCUT2D eigenvalue weighted by Gasteiger charge is 2.31. The largest absolute Gasteiger partial charge is 0.573 e. The molecule has 0 aliphatic rings. The van der Waals surface area contributed by atoms with Crippen LogP contribution in [0.15, 0.2) is 60.7 Å². The number of ether oxygens (including phenoxy) is 3. The molecule has 2 aromatic carbocycles. The first-order chi connectivity index (χ1) is 16.1. The maximum atomic E-state index is 12.8. The van der Waals surface area contributed by atoms with E-state index in [0.717, 1.165) is 24.2 Å². The van der Waals surface area contributed by atoms with Crippen molar-refractivity contribution in [2.24, 2.45) is 0 Å². The summed E-state index contributed by atoms with van der Waals surface area (Å²) in [7, 11) is 0. The highest BCUT2D eigenvalue weighted by molar-refractivity contribution is 6.05. The molecule has 0 radical (unpaired) electrons. The van der Waals surface area contributed by atoms with Crippen LogP contribution in [0.3, 0.4) is 0 Å². The monoisotopic (exact) mass is 474 g/mol. The normalized spacial score (nSPS) is 12.2. The summed E-state index contributed by atoms with van der Waals surface area (Å²) in [6.45, 7) is 6.34. The summed E-state index contributed by atoms with van der Waals surface area (Å²) in [6.07, 6.45) is -4.02. The average molecular weight is 474 g/mol. The van der Waals surface area contributed by atoms with E-state index in [1.54, 1.807) is 43.3 Å². The second kappa shape index (κ2) is 11.0. The van der Waals surface area contributed by atoms with Crippen LogP contribution in [0.2, 0.25) is 0 Å². The average Bonchev–Trinajstić information content (AvgIpc) is 2.78. The third kappa shape index (κ3) is 7.21. The van der Waals surface area contributed by atoms with Gasteiger partial charge in [-0.05, 0) is 68.8 Å². The van der Waals surface area contributed by atoms with E-state index in [2.05, 4.69) is 15.0 Å². The minimum atomic E-state index is -4.76. The molecular weight excluding hydrogens is 449 g/mol. The van der Waals surface area contributed by atoms with E-state index < -0.39 is 6.36 Å². The number of benzene rings is 2. The molecule has 0 spiro atoms. The van der Waals surface area contributed by atoms with Gasteiger partial charge in [0.1, 0.15) is 17.2 Å². The maximum absolute atomic E-state index is 12.8. The van der Waals surface area contributed by atoms with Crippen molar-refractivity contribution in [1.82, 2.24) is 4.98 Å². The lowest BCUT2D eigenvalue weighted by Gasteiger charge is -2.14. The van der Waals surface area contributed by atoms with Crippen LogP contribution in [0.5, 0.6) is 17.2 Å². The molecule has 0 bridgehead atoms. The zero-order chi connectivity index (χ0) is 24.7. The van der Waals surface area contributed by atoms with Gasteiger partial charge in [0.25, 0.3) is 5.91 Å². The molecule has 3 aromatic rings. The number of halogens is 3. The van der Waals surface area contributed by atoms with Crippen molar-refractivity contribution in [2.45, 2.75) is 39.7 Å². The number of pyridine rings is 1. The minimum Gasteiger partial charge on any atom is -0.457 e. The number of carbonyl (C=O) groups is 1. The lowest BCUT2D eigenvalue weighted by Crippen LogP contribution is -2.16. The van der Waals surface area contributed by atoms with Gasteiger partial charge in [-0.15, -0.1) is 13.2 Å². The Morgan fingerprint density at radius 3 is 2.38 bits per heavy atom. The van der Waals surface area contributed by atoms with Gasteiger partial charge < -0.3 is 19.5 Å². The molecule has 1 unspecified atom stereocenters. The first-order valence-electron chi connectivity index (χ1n) is 10.7. The lowest BCUT2D eigenvalue weighted by molar-refractivity contribution is -0.274. The molecule has 0 saturated heterocycles. The molecule has 1 atom stereocenters. The van der Waals surface area contributed by atoms with Crippen LogP contribution < -0.4 is 14.8 Å². The van der Waals surface area contributed by atoms with E-state index in [9.17, 15) is 18.0 Å². The van der Waals surface area contributed by atoms with Gasteiger partial charge in [-0.2, -0.15) is 0 Å². The number of nitrogens with zero attached hydrogens (tertiary/aromatic N) is 1. The molecule has 0 aliphatic heterocycles. The first kappa shape index (κ1) is 25.0. The van der Waals surface area contributed by atoms with E-state index >= 15 is 0 Å². The van der Waals surface area contributed by atoms with Gasteiger partial charge in [0.05, 0.1) is 23.1 Å². The van der Waals surface area contributed by atoms with Gasteiger partial charge in [-0.25, -0.2) is 0 Å². The topological polar surface area (TPSA) is 69.7 Å². The van der Waals surface area contributed by atoms with Gasteiger partial charge in [-0.1, -0.05) is 13.0 Å². The molecule has 6 nitrogen and oxygen atoms in total. The van der Waals surface area contributed by atoms with Gasteiger partial charge in [0, 0.05) is 18.4 Å². The highest BCUT2D eigenvalue weighted by atomic mass is 19.4. The fraction of sp³-hybridized carbons (Fsp3) is 0.280. The number of aryl methyl sites for hydroxylation is 1. The zero-order valence-electron chi connectivity index (χ0n) is 19.0. The Balaban J connectivity index is 1.65. The zero-order valence-corrected chi connectivity index (χ0v) is 19.0. The Morgan fingerprint density at radius 2 is 1.74 bits per heavy atom. The Hall–Kier alpha value is -3.59. The van der Waals surface area contributed by atoms with Crippen LogP contribution in [-0.4, -0.2) is 23.9 Å². The van der Waals surface area contributed by atoms with Crippen molar-refractivity contribution in [3.63, 3.8) is 0 Å². The Kier molecular flexibility index (Phi) is 8.12. The molecule has 180 valence electrons.